The van der Waals surface area contributed by atoms with Crippen LogP contribution in [0.1, 0.15) is 54.2 Å². The third-order valence-corrected chi connectivity index (χ3v) is 8.70. The summed E-state index contributed by atoms with van der Waals surface area (Å²) in [5, 5.41) is 11.5. The van der Waals surface area contributed by atoms with Gasteiger partial charge in [-0.25, -0.2) is 0 Å². The van der Waals surface area contributed by atoms with Crippen molar-refractivity contribution in [2.45, 2.75) is 51.4 Å². The van der Waals surface area contributed by atoms with Gasteiger partial charge < -0.3 is 4.90 Å². The Bertz CT molecular complexity index is 1250. The second kappa shape index (κ2) is 9.99. The average Bonchev–Trinajstić information content (AvgIpc) is 3.34. The van der Waals surface area contributed by atoms with Gasteiger partial charge in [0.2, 0.25) is 5.91 Å². The number of hydrogen-bond acceptors (Lipinski definition) is 3. The number of aryl methyl sites for hydroxylation is 2. The zero-order valence-electron chi connectivity index (χ0n) is 20.3. The van der Waals surface area contributed by atoms with Gasteiger partial charge in [-0.3, -0.25) is 4.79 Å². The first-order valence-electron chi connectivity index (χ1n) is 11.9. The maximum atomic E-state index is 13.6. The summed E-state index contributed by atoms with van der Waals surface area (Å²) in [6, 6.07) is 20.7. The summed E-state index contributed by atoms with van der Waals surface area (Å²) in [5.74, 6) is 0.0777. The quantitative estimate of drug-likeness (QED) is 0.382. The van der Waals surface area contributed by atoms with Gasteiger partial charge in [-0.2, -0.15) is 5.26 Å². The van der Waals surface area contributed by atoms with E-state index in [4.69, 9.17) is 0 Å². The predicted octanol–water partition coefficient (Wildman–Crippen LogP) is 7.26. The maximum absolute atomic E-state index is 13.6. The van der Waals surface area contributed by atoms with Gasteiger partial charge in [0.25, 0.3) is 0 Å². The highest BCUT2D eigenvalue weighted by atomic mass is 32.1. The third kappa shape index (κ3) is 4.72. The van der Waals surface area contributed by atoms with Crippen molar-refractivity contribution in [3.05, 3.63) is 93.8 Å². The Labute approximate surface area is 207 Å². The third-order valence-electron chi connectivity index (χ3n) is 7.49. The highest BCUT2D eigenvalue weighted by Gasteiger charge is 2.44. The van der Waals surface area contributed by atoms with E-state index in [-0.39, 0.29) is 17.2 Å². The smallest absolute Gasteiger partial charge is 0.230 e. The van der Waals surface area contributed by atoms with Gasteiger partial charge in [0.05, 0.1) is 11.6 Å². The van der Waals surface area contributed by atoms with Crippen molar-refractivity contribution >= 4 is 17.2 Å². The lowest BCUT2D eigenvalue weighted by atomic mass is 9.70. The topological polar surface area (TPSA) is 44.1 Å². The van der Waals surface area contributed by atoms with E-state index in [1.54, 1.807) is 16.2 Å². The first-order chi connectivity index (χ1) is 16.3. The van der Waals surface area contributed by atoms with Crippen LogP contribution in [0, 0.1) is 24.2 Å². The minimum atomic E-state index is -0.258. The van der Waals surface area contributed by atoms with Crippen molar-refractivity contribution < 1.29 is 4.79 Å². The number of thiophene rings is 1. The van der Waals surface area contributed by atoms with Gasteiger partial charge in [0.1, 0.15) is 0 Å². The van der Waals surface area contributed by atoms with Crippen LogP contribution in [0.15, 0.2) is 72.3 Å². The fourth-order valence-corrected chi connectivity index (χ4v) is 6.25. The van der Waals surface area contributed by atoms with Gasteiger partial charge in [0.15, 0.2) is 0 Å². The molecule has 174 valence electrons. The molecule has 3 nitrogen and oxygen atoms in total. The van der Waals surface area contributed by atoms with Crippen molar-refractivity contribution in [3.8, 4) is 17.2 Å². The van der Waals surface area contributed by atoms with Crippen molar-refractivity contribution in [2.24, 2.45) is 5.92 Å². The number of rotatable bonds is 6. The van der Waals surface area contributed by atoms with E-state index in [0.29, 0.717) is 5.56 Å². The molecule has 2 aromatic carbocycles. The average molecular weight is 469 g/mol. The fraction of sp³-hybridized carbons (Fsp3) is 0.333. The minimum absolute atomic E-state index is 0.0993. The zero-order valence-corrected chi connectivity index (χ0v) is 21.1. The Kier molecular flexibility index (Phi) is 7.05. The van der Waals surface area contributed by atoms with Crippen molar-refractivity contribution in [3.63, 3.8) is 0 Å². The molecule has 1 amide bonds. The molecule has 3 aromatic rings. The number of nitriles is 1. The Hall–Kier alpha value is -3.16. The number of hydrogen-bond donors (Lipinski definition) is 0. The molecule has 1 unspecified atom stereocenters. The molecule has 0 saturated carbocycles. The second-order valence-electron chi connectivity index (χ2n) is 9.64. The van der Waals surface area contributed by atoms with Gasteiger partial charge in [-0.1, -0.05) is 49.9 Å². The number of carbonyl (C=O) groups is 1. The Morgan fingerprint density at radius 3 is 2.74 bits per heavy atom. The van der Waals surface area contributed by atoms with Crippen LogP contribution in [0.25, 0.3) is 11.1 Å². The first kappa shape index (κ1) is 24.0. The van der Waals surface area contributed by atoms with Crippen LogP contribution in [0.3, 0.4) is 0 Å². The monoisotopic (exact) mass is 468 g/mol. The molecule has 2 heterocycles. The molecule has 1 aromatic heterocycles. The summed E-state index contributed by atoms with van der Waals surface area (Å²) in [6.07, 6.45) is 4.51. The molecule has 2 atom stereocenters. The summed E-state index contributed by atoms with van der Waals surface area (Å²) in [4.78, 5) is 16.7. The highest BCUT2D eigenvalue weighted by molar-refractivity contribution is 7.10. The molecule has 34 heavy (non-hydrogen) atoms. The maximum Gasteiger partial charge on any atom is 0.230 e. The van der Waals surface area contributed by atoms with Crippen LogP contribution in [0.5, 0.6) is 0 Å². The van der Waals surface area contributed by atoms with Crippen molar-refractivity contribution in [1.29, 1.82) is 5.26 Å². The van der Waals surface area contributed by atoms with Crippen LogP contribution in [-0.2, 0) is 16.6 Å². The van der Waals surface area contributed by atoms with Crippen LogP contribution >= 0.6 is 11.3 Å². The van der Waals surface area contributed by atoms with E-state index < -0.39 is 0 Å². The molecule has 1 saturated heterocycles. The molecule has 0 radical (unpaired) electrons. The zero-order chi connectivity index (χ0) is 24.3. The Morgan fingerprint density at radius 1 is 1.18 bits per heavy atom. The number of carbonyl (C=O) groups excluding carboxylic acids is 1. The van der Waals surface area contributed by atoms with Crippen molar-refractivity contribution in [1.82, 2.24) is 4.90 Å². The largest absolute Gasteiger partial charge is 0.320 e. The minimum Gasteiger partial charge on any atom is -0.320 e. The van der Waals surface area contributed by atoms with Crippen LogP contribution < -0.4 is 0 Å². The highest BCUT2D eigenvalue weighted by Crippen LogP contribution is 2.47. The van der Waals surface area contributed by atoms with Crippen molar-refractivity contribution in [2.75, 3.05) is 7.05 Å². The van der Waals surface area contributed by atoms with Crippen LogP contribution in [-0.4, -0.2) is 17.9 Å². The summed E-state index contributed by atoms with van der Waals surface area (Å²) in [5.41, 5.74) is 6.13. The molecule has 1 aliphatic heterocycles. The molecule has 4 heteroatoms. The lowest BCUT2D eigenvalue weighted by molar-refractivity contribution is -0.134. The van der Waals surface area contributed by atoms with E-state index in [2.05, 4.69) is 62.2 Å². The van der Waals surface area contributed by atoms with E-state index >= 15 is 0 Å². The van der Waals surface area contributed by atoms with Crippen LogP contribution in [0.2, 0.25) is 0 Å². The number of allylic oxidation sites excluding steroid dienone is 1. The Balaban J connectivity index is 1.64. The SMILES string of the molecule is C=C1CC[C@](C)(c2cc(-c3cccc(C#N)c3)cs2)C(CCCc2ccccc2C)C(=O)N1C. The van der Waals surface area contributed by atoms with E-state index in [0.717, 1.165) is 48.9 Å². The van der Waals surface area contributed by atoms with Gasteiger partial charge in [-0.15, -0.1) is 11.3 Å². The van der Waals surface area contributed by atoms with Gasteiger partial charge in [0, 0.05) is 29.0 Å². The first-order valence-corrected chi connectivity index (χ1v) is 12.8. The second-order valence-corrected chi connectivity index (χ2v) is 10.6. The summed E-state index contributed by atoms with van der Waals surface area (Å²) < 4.78 is 0. The summed E-state index contributed by atoms with van der Waals surface area (Å²) in [7, 11) is 1.87. The number of likely N-dealkylation sites (tertiary alicyclic amines) is 1. The summed E-state index contributed by atoms with van der Waals surface area (Å²) >= 11 is 1.73. The molecule has 1 fully saturated rings. The number of nitrogens with zero attached hydrogens (tertiary/aromatic N) is 2. The van der Waals surface area contributed by atoms with Gasteiger partial charge >= 0.3 is 0 Å². The normalized spacial score (nSPS) is 20.8. The molecule has 1 aliphatic rings. The lowest BCUT2D eigenvalue weighted by Crippen LogP contribution is -2.40. The molecular weight excluding hydrogens is 436 g/mol. The fourth-order valence-electron chi connectivity index (χ4n) is 5.09. The molecule has 0 aliphatic carbocycles. The molecule has 4 rings (SSSR count). The van der Waals surface area contributed by atoms with Gasteiger partial charge in [-0.05, 0) is 84.9 Å². The molecule has 0 N–H and O–H groups in total. The number of benzene rings is 2. The molecular formula is C30H32N2OS. The standard InChI is InChI=1S/C30H32N2OS/c1-21-9-5-6-11-24(21)12-8-14-27-29(33)32(4)22(2)15-16-30(27,3)28-18-26(20-34-28)25-13-7-10-23(17-25)19-31/h5-7,9-11,13,17-18,20,27H,2,8,12,14-16H2,1,3-4H3/t27?,30-/m0/s1. The van der Waals surface area contributed by atoms with Crippen LogP contribution in [0.4, 0.5) is 0 Å². The molecule has 0 bridgehead atoms. The van der Waals surface area contributed by atoms with E-state index in [1.165, 1.54) is 16.0 Å². The van der Waals surface area contributed by atoms with E-state index in [9.17, 15) is 10.1 Å². The predicted molar refractivity (Wildman–Crippen MR) is 141 cm³/mol. The molecule has 0 spiro atoms. The summed E-state index contributed by atoms with van der Waals surface area (Å²) in [6.45, 7) is 8.60. The number of amides is 1. The van der Waals surface area contributed by atoms with E-state index in [1.807, 2.05) is 31.3 Å². The Morgan fingerprint density at radius 2 is 1.97 bits per heavy atom. The lowest BCUT2D eigenvalue weighted by Gasteiger charge is -2.35.